The van der Waals surface area contributed by atoms with E-state index in [4.69, 9.17) is 9.47 Å². The third-order valence-electron chi connectivity index (χ3n) is 3.26. The maximum absolute atomic E-state index is 5.33. The van der Waals surface area contributed by atoms with Crippen LogP contribution in [0.15, 0.2) is 29.4 Å². The number of ether oxygens (including phenoxy) is 2. The summed E-state index contributed by atoms with van der Waals surface area (Å²) in [6, 6.07) is 5.68. The zero-order chi connectivity index (χ0) is 17.4. The third kappa shape index (κ3) is 6.69. The second-order valence-electron chi connectivity index (χ2n) is 5.07. The Kier molecular flexibility index (Phi) is 9.58. The second kappa shape index (κ2) is 11.1. The summed E-state index contributed by atoms with van der Waals surface area (Å²) in [5.41, 5.74) is 0.887. The van der Waals surface area contributed by atoms with Crippen LogP contribution >= 0.6 is 35.3 Å². The molecule has 25 heavy (non-hydrogen) atoms. The summed E-state index contributed by atoms with van der Waals surface area (Å²) in [6.45, 7) is 5.56. The Morgan fingerprint density at radius 1 is 1.24 bits per heavy atom. The molecule has 138 valence electrons. The fourth-order valence-corrected chi connectivity index (χ4v) is 2.91. The van der Waals surface area contributed by atoms with Crippen molar-refractivity contribution < 1.29 is 9.47 Å². The van der Waals surface area contributed by atoms with Crippen molar-refractivity contribution in [1.29, 1.82) is 0 Å². The van der Waals surface area contributed by atoms with E-state index in [2.05, 4.69) is 27.5 Å². The summed E-state index contributed by atoms with van der Waals surface area (Å²) in [6.07, 6.45) is 2.73. The molecular weight excluding hydrogens is 451 g/mol. The van der Waals surface area contributed by atoms with Crippen molar-refractivity contribution in [2.45, 2.75) is 20.3 Å². The minimum absolute atomic E-state index is 0. The van der Waals surface area contributed by atoms with Crippen molar-refractivity contribution in [3.05, 3.63) is 34.3 Å². The molecule has 8 heteroatoms. The Labute approximate surface area is 170 Å². The van der Waals surface area contributed by atoms with E-state index in [0.29, 0.717) is 18.0 Å². The number of methoxy groups -OCH3 is 2. The summed E-state index contributed by atoms with van der Waals surface area (Å²) in [5.74, 6) is 2.11. The molecule has 0 aliphatic heterocycles. The summed E-state index contributed by atoms with van der Waals surface area (Å²) >= 11 is 1.71. The molecule has 1 aromatic carbocycles. The van der Waals surface area contributed by atoms with Crippen molar-refractivity contribution >= 4 is 47.0 Å². The first kappa shape index (κ1) is 21.5. The SMILES string of the molecule is CCNC(=NCCc1ncc(C)s1)Nc1ccc(OC)c(OC)c1.I. The average Bonchev–Trinajstić information content (AvgIpc) is 3.00. The van der Waals surface area contributed by atoms with Crippen molar-refractivity contribution in [2.75, 3.05) is 32.6 Å². The second-order valence-corrected chi connectivity index (χ2v) is 6.39. The lowest BCUT2D eigenvalue weighted by Crippen LogP contribution is -2.30. The Hall–Kier alpha value is -1.55. The fourth-order valence-electron chi connectivity index (χ4n) is 2.14. The number of hydrogen-bond acceptors (Lipinski definition) is 5. The van der Waals surface area contributed by atoms with Gasteiger partial charge in [0.1, 0.15) is 0 Å². The summed E-state index contributed by atoms with van der Waals surface area (Å²) in [5, 5.41) is 7.63. The van der Waals surface area contributed by atoms with Crippen LogP contribution in [0.25, 0.3) is 0 Å². The van der Waals surface area contributed by atoms with Gasteiger partial charge < -0.3 is 20.1 Å². The summed E-state index contributed by atoms with van der Waals surface area (Å²) in [7, 11) is 3.24. The lowest BCUT2D eigenvalue weighted by atomic mass is 10.3. The van der Waals surface area contributed by atoms with Crippen LogP contribution in [0.2, 0.25) is 0 Å². The van der Waals surface area contributed by atoms with Gasteiger partial charge >= 0.3 is 0 Å². The van der Waals surface area contributed by atoms with Gasteiger partial charge in [-0.3, -0.25) is 4.99 Å². The molecule has 0 amide bonds. The third-order valence-corrected chi connectivity index (χ3v) is 4.23. The van der Waals surface area contributed by atoms with Gasteiger partial charge in [-0.1, -0.05) is 0 Å². The van der Waals surface area contributed by atoms with Crippen LogP contribution in [-0.2, 0) is 6.42 Å². The highest BCUT2D eigenvalue weighted by atomic mass is 127. The highest BCUT2D eigenvalue weighted by Gasteiger charge is 2.06. The Morgan fingerprint density at radius 2 is 2.00 bits per heavy atom. The first-order chi connectivity index (χ1) is 11.7. The van der Waals surface area contributed by atoms with Gasteiger partial charge in [-0.25, -0.2) is 4.98 Å². The van der Waals surface area contributed by atoms with Crippen LogP contribution < -0.4 is 20.1 Å². The number of thiazole rings is 1. The number of anilines is 1. The summed E-state index contributed by atoms with van der Waals surface area (Å²) < 4.78 is 10.6. The molecule has 0 aliphatic carbocycles. The van der Waals surface area contributed by atoms with E-state index < -0.39 is 0 Å². The van der Waals surface area contributed by atoms with E-state index in [0.717, 1.165) is 29.6 Å². The number of halogens is 1. The molecule has 1 heterocycles. The van der Waals surface area contributed by atoms with Gasteiger partial charge in [0.2, 0.25) is 0 Å². The van der Waals surface area contributed by atoms with Crippen LogP contribution in [0.5, 0.6) is 11.5 Å². The molecule has 0 spiro atoms. The number of benzene rings is 1. The summed E-state index contributed by atoms with van der Waals surface area (Å²) in [4.78, 5) is 10.2. The van der Waals surface area contributed by atoms with Gasteiger partial charge in [-0.05, 0) is 26.0 Å². The lowest BCUT2D eigenvalue weighted by molar-refractivity contribution is 0.355. The number of aryl methyl sites for hydroxylation is 1. The molecular formula is C17H25IN4O2S. The highest BCUT2D eigenvalue weighted by molar-refractivity contribution is 14.0. The Bertz CT molecular complexity index is 691. The van der Waals surface area contributed by atoms with Gasteiger partial charge in [0.25, 0.3) is 0 Å². The van der Waals surface area contributed by atoms with Crippen LogP contribution in [0.4, 0.5) is 5.69 Å². The largest absolute Gasteiger partial charge is 0.493 e. The molecule has 0 radical (unpaired) electrons. The van der Waals surface area contributed by atoms with E-state index in [9.17, 15) is 0 Å². The first-order valence-electron chi connectivity index (χ1n) is 7.85. The van der Waals surface area contributed by atoms with Gasteiger partial charge in [-0.15, -0.1) is 35.3 Å². The molecule has 0 saturated carbocycles. The van der Waals surface area contributed by atoms with Crippen LogP contribution in [0, 0.1) is 6.92 Å². The van der Waals surface area contributed by atoms with Crippen molar-refractivity contribution in [3.8, 4) is 11.5 Å². The molecule has 0 aliphatic rings. The highest BCUT2D eigenvalue weighted by Crippen LogP contribution is 2.29. The number of hydrogen-bond donors (Lipinski definition) is 2. The van der Waals surface area contributed by atoms with Gasteiger partial charge in [-0.2, -0.15) is 0 Å². The number of nitrogens with zero attached hydrogens (tertiary/aromatic N) is 2. The van der Waals surface area contributed by atoms with Gasteiger partial charge in [0.05, 0.1) is 19.2 Å². The van der Waals surface area contributed by atoms with Crippen molar-refractivity contribution in [3.63, 3.8) is 0 Å². The van der Waals surface area contributed by atoms with E-state index in [1.54, 1.807) is 25.6 Å². The smallest absolute Gasteiger partial charge is 0.195 e. The number of aromatic nitrogens is 1. The Morgan fingerprint density at radius 3 is 2.60 bits per heavy atom. The number of aliphatic imine (C=N–C) groups is 1. The molecule has 0 saturated heterocycles. The minimum Gasteiger partial charge on any atom is -0.493 e. The topological polar surface area (TPSA) is 67.8 Å². The molecule has 2 N–H and O–H groups in total. The molecule has 0 fully saturated rings. The minimum atomic E-state index is 0. The first-order valence-corrected chi connectivity index (χ1v) is 8.66. The molecule has 1 aromatic heterocycles. The molecule has 2 aromatic rings. The number of guanidine groups is 1. The van der Waals surface area contributed by atoms with Crippen molar-refractivity contribution in [2.24, 2.45) is 4.99 Å². The maximum atomic E-state index is 5.33. The number of rotatable bonds is 7. The van der Waals surface area contributed by atoms with Crippen LogP contribution in [0.1, 0.15) is 16.8 Å². The molecule has 6 nitrogen and oxygen atoms in total. The average molecular weight is 476 g/mol. The predicted octanol–water partition coefficient (Wildman–Crippen LogP) is 3.71. The lowest BCUT2D eigenvalue weighted by Gasteiger charge is -2.13. The molecule has 2 rings (SSSR count). The van der Waals surface area contributed by atoms with Gasteiger partial charge in [0.15, 0.2) is 17.5 Å². The van der Waals surface area contributed by atoms with Crippen molar-refractivity contribution in [1.82, 2.24) is 10.3 Å². The maximum Gasteiger partial charge on any atom is 0.195 e. The van der Waals surface area contributed by atoms with Crippen LogP contribution in [0.3, 0.4) is 0 Å². The van der Waals surface area contributed by atoms with Crippen LogP contribution in [-0.4, -0.2) is 38.3 Å². The van der Waals surface area contributed by atoms with E-state index in [1.807, 2.05) is 31.3 Å². The zero-order valence-electron chi connectivity index (χ0n) is 15.0. The Balaban J connectivity index is 0.00000312. The zero-order valence-corrected chi connectivity index (χ0v) is 18.1. The van der Waals surface area contributed by atoms with E-state index >= 15 is 0 Å². The normalized spacial score (nSPS) is 10.8. The predicted molar refractivity (Wildman–Crippen MR) is 115 cm³/mol. The molecule has 0 atom stereocenters. The number of nitrogens with one attached hydrogen (secondary N) is 2. The molecule has 0 bridgehead atoms. The quantitative estimate of drug-likeness (QED) is 0.363. The van der Waals surface area contributed by atoms with E-state index in [-0.39, 0.29) is 24.0 Å². The van der Waals surface area contributed by atoms with Gasteiger partial charge in [0, 0.05) is 42.3 Å². The monoisotopic (exact) mass is 476 g/mol. The fraction of sp³-hybridized carbons (Fsp3) is 0.412. The standard InChI is InChI=1S/C17H24N4O2S.HI/c1-5-18-17(19-9-8-16-20-11-12(2)24-16)21-13-6-7-14(22-3)15(10-13)23-4;/h6-7,10-11H,5,8-9H2,1-4H3,(H2,18,19,21);1H. The molecule has 0 unspecified atom stereocenters. The van der Waals surface area contributed by atoms with E-state index in [1.165, 1.54) is 4.88 Å².